The van der Waals surface area contributed by atoms with E-state index in [0.29, 0.717) is 29.5 Å². The Morgan fingerprint density at radius 2 is 1.06 bits per heavy atom. The molecule has 2 heterocycles. The maximum absolute atomic E-state index is 2.43. The van der Waals surface area contributed by atoms with Crippen LogP contribution >= 0.6 is 0 Å². The molecule has 0 atom stereocenters. The third-order valence-electron chi connectivity index (χ3n) is 5.17. The van der Waals surface area contributed by atoms with Crippen molar-refractivity contribution in [3.8, 4) is 0 Å². The predicted octanol–water partition coefficient (Wildman–Crippen LogP) is 5.14. The first kappa shape index (κ1) is 29.7. The van der Waals surface area contributed by atoms with Crippen LogP contribution < -0.4 is 12.4 Å². The summed E-state index contributed by atoms with van der Waals surface area (Å²) in [6.45, 7) is 28.1. The number of rotatable bonds is 2. The van der Waals surface area contributed by atoms with Crippen LogP contribution in [0, 0.1) is 10.8 Å². The molecule has 0 aliphatic carbocycles. The van der Waals surface area contributed by atoms with Crippen molar-refractivity contribution in [1.29, 1.82) is 0 Å². The van der Waals surface area contributed by atoms with Gasteiger partial charge < -0.3 is 12.4 Å². The minimum atomic E-state index is 0. The summed E-state index contributed by atoms with van der Waals surface area (Å²) in [4.78, 5) is 0. The monoisotopic (exact) mass is 586 g/mol. The summed E-state index contributed by atoms with van der Waals surface area (Å²) in [5.74, 6) is 0. The zero-order chi connectivity index (χ0) is 23.8. The van der Waals surface area contributed by atoms with Gasteiger partial charge in [0.2, 0.25) is 0 Å². The Hall–Kier alpha value is -0.361. The molecule has 0 spiro atoms. The second kappa shape index (κ2) is 10.5. The Morgan fingerprint density at radius 3 is 1.41 bits per heavy atom. The molecule has 0 aromatic carbocycles. The van der Waals surface area contributed by atoms with Crippen LogP contribution in [0.3, 0.4) is 0 Å². The maximum atomic E-state index is 2.43. The van der Waals surface area contributed by atoms with E-state index in [9.17, 15) is 0 Å². The normalized spacial score (nSPS) is 15.9. The van der Waals surface area contributed by atoms with E-state index in [1.165, 1.54) is 11.1 Å². The molecule has 32 heavy (non-hydrogen) atoms. The molecule has 0 amide bonds. The van der Waals surface area contributed by atoms with Crippen LogP contribution in [0.15, 0.2) is 51.0 Å². The summed E-state index contributed by atoms with van der Waals surface area (Å²) < 4.78 is 6.35. The standard InChI is InChI=1S/C29H43Se2.ClH/c1-26(2,3)22-16-20(17-23(30-22)27(4,5)6)14-13-15-21-18-24(28(7,8)9)31-25(19-21)29(10,11)12;/h13-19H,1-12H3;1H/q+1;/p-1. The summed E-state index contributed by atoms with van der Waals surface area (Å²) in [6.07, 6.45) is 11.7. The van der Waals surface area contributed by atoms with Crippen LogP contribution in [0.2, 0.25) is 0 Å². The molecular weight excluding hydrogens is 542 g/mol. The average Bonchev–Trinajstić information content (AvgIpc) is 2.58. The first-order valence-corrected chi connectivity index (χ1v) is 14.8. The van der Waals surface area contributed by atoms with E-state index in [1.807, 2.05) is 0 Å². The van der Waals surface area contributed by atoms with Crippen molar-refractivity contribution in [2.75, 3.05) is 0 Å². The molecule has 3 heteroatoms. The van der Waals surface area contributed by atoms with Crippen LogP contribution in [0.4, 0.5) is 0 Å². The Bertz CT molecular complexity index is 867. The largest absolute Gasteiger partial charge is 1.00 e. The molecule has 0 saturated carbocycles. The van der Waals surface area contributed by atoms with Gasteiger partial charge in [0.15, 0.2) is 0 Å². The summed E-state index contributed by atoms with van der Waals surface area (Å²) in [6, 6.07) is 4.86. The summed E-state index contributed by atoms with van der Waals surface area (Å²) in [5, 5.41) is 0. The summed E-state index contributed by atoms with van der Waals surface area (Å²) in [5.41, 5.74) is 3.57. The summed E-state index contributed by atoms with van der Waals surface area (Å²) >= 11 is 0.874. The second-order valence-electron chi connectivity index (χ2n) is 12.8. The van der Waals surface area contributed by atoms with Crippen molar-refractivity contribution in [1.82, 2.24) is 0 Å². The molecule has 0 bridgehead atoms. The van der Waals surface area contributed by atoms with Gasteiger partial charge in [0.05, 0.1) is 0 Å². The third-order valence-corrected chi connectivity index (χ3v) is 13.1. The summed E-state index contributed by atoms with van der Waals surface area (Å²) in [7, 11) is 0. The van der Waals surface area contributed by atoms with Crippen molar-refractivity contribution in [2.45, 2.75) is 93.9 Å². The molecule has 0 saturated heterocycles. The van der Waals surface area contributed by atoms with Gasteiger partial charge in [0.25, 0.3) is 0 Å². The third kappa shape index (κ3) is 8.45. The fourth-order valence-corrected chi connectivity index (χ4v) is 8.19. The SMILES string of the molecule is CC(C)(C)C1=CC(=CC=Cc2cc(C(C)(C)C)[se+]c(C(C)(C)C)c2)C=C(C(C)(C)C)[Se]1.[Cl-]. The Balaban J connectivity index is 0.00000512. The molecule has 1 aromatic heterocycles. The molecule has 1 aliphatic rings. The van der Waals surface area contributed by atoms with Gasteiger partial charge in [-0.05, 0) is 0 Å². The van der Waals surface area contributed by atoms with Crippen molar-refractivity contribution >= 4 is 35.5 Å². The molecule has 0 radical (unpaired) electrons. The minimum absolute atomic E-state index is 0. The number of halogens is 1. The van der Waals surface area contributed by atoms with Gasteiger partial charge >= 0.3 is 206 Å². The van der Waals surface area contributed by atoms with Crippen molar-refractivity contribution in [3.05, 3.63) is 65.4 Å². The second-order valence-corrected chi connectivity index (χ2v) is 17.3. The molecule has 0 unspecified atom stereocenters. The van der Waals surface area contributed by atoms with Gasteiger partial charge in [-0.1, -0.05) is 0 Å². The smallest absolute Gasteiger partial charge is 1.00 e. The molecule has 178 valence electrons. The van der Waals surface area contributed by atoms with Crippen LogP contribution in [-0.2, 0) is 10.8 Å². The average molecular weight is 585 g/mol. The van der Waals surface area contributed by atoms with Crippen LogP contribution in [0.1, 0.15) is 97.5 Å². The minimum Gasteiger partial charge on any atom is -1.00 e. The van der Waals surface area contributed by atoms with Crippen LogP contribution in [-0.4, -0.2) is 29.5 Å². The van der Waals surface area contributed by atoms with E-state index in [0.717, 1.165) is 0 Å². The van der Waals surface area contributed by atoms with Gasteiger partial charge in [-0.15, -0.1) is 0 Å². The van der Waals surface area contributed by atoms with E-state index in [1.54, 1.807) is 17.8 Å². The van der Waals surface area contributed by atoms with Gasteiger partial charge in [-0.25, -0.2) is 0 Å². The Morgan fingerprint density at radius 1 is 0.656 bits per heavy atom. The molecule has 2 rings (SSSR count). The molecule has 0 fully saturated rings. The van der Waals surface area contributed by atoms with E-state index >= 15 is 0 Å². The van der Waals surface area contributed by atoms with Crippen LogP contribution in [0.25, 0.3) is 6.08 Å². The Kier molecular flexibility index (Phi) is 9.73. The fraction of sp³-hybridized carbons (Fsp3) is 0.552. The predicted molar refractivity (Wildman–Crippen MR) is 143 cm³/mol. The fourth-order valence-electron chi connectivity index (χ4n) is 2.98. The van der Waals surface area contributed by atoms with E-state index in [4.69, 9.17) is 0 Å². The van der Waals surface area contributed by atoms with Crippen molar-refractivity contribution in [3.63, 3.8) is 0 Å². The maximum Gasteiger partial charge on any atom is -1.00 e. The van der Waals surface area contributed by atoms with E-state index < -0.39 is 0 Å². The molecule has 1 aromatic rings. The van der Waals surface area contributed by atoms with E-state index in [-0.39, 0.29) is 34.1 Å². The molecular formula is C29H43ClSe2. The van der Waals surface area contributed by atoms with Gasteiger partial charge in [-0.3, -0.25) is 0 Å². The zero-order valence-corrected chi connectivity index (χ0v) is 26.4. The van der Waals surface area contributed by atoms with Crippen molar-refractivity contribution in [2.24, 2.45) is 10.8 Å². The Labute approximate surface area is 217 Å². The molecule has 0 nitrogen and oxygen atoms in total. The number of hydrogen-bond acceptors (Lipinski definition) is 0. The van der Waals surface area contributed by atoms with Gasteiger partial charge in [-0.2, -0.15) is 0 Å². The van der Waals surface area contributed by atoms with Gasteiger partial charge in [0.1, 0.15) is 0 Å². The number of hydrogen-bond donors (Lipinski definition) is 0. The number of allylic oxidation sites excluding steroid dienone is 7. The zero-order valence-electron chi connectivity index (χ0n) is 22.2. The van der Waals surface area contributed by atoms with Crippen LogP contribution in [0.5, 0.6) is 0 Å². The molecule has 1 aliphatic heterocycles. The van der Waals surface area contributed by atoms with E-state index in [2.05, 4.69) is 126 Å². The van der Waals surface area contributed by atoms with Crippen molar-refractivity contribution < 1.29 is 12.4 Å². The first-order chi connectivity index (χ1) is 13.9. The molecule has 0 N–H and O–H groups in total. The topological polar surface area (TPSA) is 0 Å². The quantitative estimate of drug-likeness (QED) is 0.423. The first-order valence-electron chi connectivity index (χ1n) is 11.4. The van der Waals surface area contributed by atoms with Gasteiger partial charge in [0, 0.05) is 0 Å².